The van der Waals surface area contributed by atoms with Crippen LogP contribution in [0.1, 0.15) is 32.1 Å². The van der Waals surface area contributed by atoms with Crippen molar-refractivity contribution in [1.82, 2.24) is 0 Å². The number of phosphoric ester groups is 1. The monoisotopic (exact) mass is 388 g/mol. The highest BCUT2D eigenvalue weighted by Crippen LogP contribution is 2.55. The average molecular weight is 389 g/mol. The Morgan fingerprint density at radius 3 is 2.12 bits per heavy atom. The van der Waals surface area contributed by atoms with E-state index in [2.05, 4.69) is 0 Å². The maximum absolute atomic E-state index is 12.6. The molecule has 4 rings (SSSR count). The van der Waals surface area contributed by atoms with Crippen LogP contribution in [0.5, 0.6) is 5.75 Å². The van der Waals surface area contributed by atoms with Crippen LogP contribution in [0.15, 0.2) is 24.3 Å². The van der Waals surface area contributed by atoms with Gasteiger partial charge in [-0.05, 0) is 37.1 Å². The molecule has 2 aliphatic heterocycles. The van der Waals surface area contributed by atoms with Gasteiger partial charge in [0, 0.05) is 17.9 Å². The van der Waals surface area contributed by atoms with E-state index >= 15 is 0 Å². The molecule has 1 aromatic carbocycles. The molecule has 2 saturated heterocycles. The summed E-state index contributed by atoms with van der Waals surface area (Å²) in [4.78, 5) is 0. The summed E-state index contributed by atoms with van der Waals surface area (Å²) in [6, 6.07) is 6.55. The average Bonchev–Trinajstić information content (AvgIpc) is 2.64. The molecule has 138 valence electrons. The van der Waals surface area contributed by atoms with E-state index in [0.29, 0.717) is 24.0 Å². The van der Waals surface area contributed by atoms with E-state index in [1.807, 2.05) is 0 Å². The van der Waals surface area contributed by atoms with Crippen LogP contribution in [0.4, 0.5) is 0 Å². The van der Waals surface area contributed by atoms with Crippen molar-refractivity contribution in [3.63, 3.8) is 0 Å². The first-order valence-electron chi connectivity index (χ1n) is 8.63. The SMILES string of the molecule is O=P1(Oc2ccc(Cl)cc2)OCC2(COC3(CCCCC3)OC2)CO1. The van der Waals surface area contributed by atoms with E-state index in [9.17, 15) is 4.57 Å². The van der Waals surface area contributed by atoms with E-state index < -0.39 is 19.0 Å². The molecule has 6 nitrogen and oxygen atoms in total. The Hall–Kier alpha value is -0.620. The number of ether oxygens (including phenoxy) is 2. The largest absolute Gasteiger partial charge is 0.530 e. The lowest BCUT2D eigenvalue weighted by Gasteiger charge is -2.48. The summed E-state index contributed by atoms with van der Waals surface area (Å²) in [6.45, 7) is 1.39. The van der Waals surface area contributed by atoms with E-state index in [1.165, 1.54) is 6.42 Å². The van der Waals surface area contributed by atoms with Gasteiger partial charge in [0.05, 0.1) is 31.8 Å². The maximum Gasteiger partial charge on any atom is 0.530 e. The standard InChI is InChI=1S/C17H22ClO6P/c18-14-4-6-15(7-5-14)24-25(19)22-12-16(13-23-25)10-20-17(21-11-16)8-2-1-3-9-17/h4-7H,1-3,8-13H2. The van der Waals surface area contributed by atoms with Crippen LogP contribution in [0, 0.1) is 5.41 Å². The Morgan fingerprint density at radius 2 is 1.52 bits per heavy atom. The number of rotatable bonds is 2. The summed E-state index contributed by atoms with van der Waals surface area (Å²) in [5.41, 5.74) is -0.431. The normalized spacial score (nSPS) is 27.2. The summed E-state index contributed by atoms with van der Waals surface area (Å²) < 4.78 is 41.2. The zero-order chi connectivity index (χ0) is 17.4. The topological polar surface area (TPSA) is 63.2 Å². The smallest absolute Gasteiger partial charge is 0.404 e. The van der Waals surface area contributed by atoms with E-state index in [0.717, 1.165) is 25.7 Å². The van der Waals surface area contributed by atoms with Crippen LogP contribution in [0.2, 0.25) is 5.02 Å². The van der Waals surface area contributed by atoms with Crippen molar-refractivity contribution in [2.24, 2.45) is 5.41 Å². The van der Waals surface area contributed by atoms with Gasteiger partial charge < -0.3 is 14.0 Å². The third kappa shape index (κ3) is 3.90. The van der Waals surface area contributed by atoms with E-state index in [-0.39, 0.29) is 13.2 Å². The fourth-order valence-corrected chi connectivity index (χ4v) is 4.94. The molecular weight excluding hydrogens is 367 g/mol. The fourth-order valence-electron chi connectivity index (χ4n) is 3.39. The number of phosphoric acid groups is 1. The first kappa shape index (κ1) is 17.8. The zero-order valence-corrected chi connectivity index (χ0v) is 15.6. The predicted molar refractivity (Wildman–Crippen MR) is 91.7 cm³/mol. The van der Waals surface area contributed by atoms with Gasteiger partial charge >= 0.3 is 7.82 Å². The second kappa shape index (κ2) is 6.84. The molecule has 0 radical (unpaired) electrons. The van der Waals surface area contributed by atoms with Gasteiger partial charge in [-0.3, -0.25) is 9.05 Å². The number of hydrogen-bond acceptors (Lipinski definition) is 6. The molecule has 0 amide bonds. The second-order valence-corrected chi connectivity index (χ2v) is 9.12. The lowest BCUT2D eigenvalue weighted by molar-refractivity contribution is -0.324. The van der Waals surface area contributed by atoms with E-state index in [1.54, 1.807) is 24.3 Å². The number of benzene rings is 1. The summed E-state index contributed by atoms with van der Waals surface area (Å²) >= 11 is 5.83. The van der Waals surface area contributed by atoms with Crippen molar-refractivity contribution >= 4 is 19.4 Å². The van der Waals surface area contributed by atoms with Crippen LogP contribution >= 0.6 is 19.4 Å². The molecule has 3 aliphatic rings. The number of halogens is 1. The molecule has 8 heteroatoms. The minimum Gasteiger partial charge on any atom is -0.404 e. The van der Waals surface area contributed by atoms with Crippen molar-refractivity contribution in [2.45, 2.75) is 37.9 Å². The molecule has 0 N–H and O–H groups in total. The van der Waals surface area contributed by atoms with Gasteiger partial charge in [0.1, 0.15) is 5.75 Å². The van der Waals surface area contributed by atoms with Crippen LogP contribution in [-0.4, -0.2) is 32.2 Å². The van der Waals surface area contributed by atoms with Gasteiger partial charge in [0.25, 0.3) is 0 Å². The fraction of sp³-hybridized carbons (Fsp3) is 0.647. The highest BCUT2D eigenvalue weighted by atomic mass is 35.5. The summed E-state index contributed by atoms with van der Waals surface area (Å²) in [5.74, 6) is -0.0502. The first-order valence-corrected chi connectivity index (χ1v) is 10.5. The Labute approximate surface area is 152 Å². The maximum atomic E-state index is 12.6. The molecule has 2 heterocycles. The molecule has 25 heavy (non-hydrogen) atoms. The van der Waals surface area contributed by atoms with Crippen LogP contribution < -0.4 is 4.52 Å². The lowest BCUT2D eigenvalue weighted by atomic mass is 9.88. The van der Waals surface area contributed by atoms with Crippen molar-refractivity contribution in [3.8, 4) is 5.75 Å². The zero-order valence-electron chi connectivity index (χ0n) is 13.9. The Kier molecular flexibility index (Phi) is 4.86. The molecule has 1 saturated carbocycles. The summed E-state index contributed by atoms with van der Waals surface area (Å²) in [5, 5.41) is 0.572. The van der Waals surface area contributed by atoms with Crippen molar-refractivity contribution in [1.29, 1.82) is 0 Å². The minimum atomic E-state index is -3.64. The minimum absolute atomic E-state index is 0.216. The Balaban J connectivity index is 1.35. The first-order chi connectivity index (χ1) is 12.0. The van der Waals surface area contributed by atoms with Gasteiger partial charge in [-0.2, -0.15) is 0 Å². The van der Waals surface area contributed by atoms with Gasteiger partial charge in [-0.15, -0.1) is 0 Å². The van der Waals surface area contributed by atoms with Crippen LogP contribution in [0.3, 0.4) is 0 Å². The van der Waals surface area contributed by atoms with Crippen molar-refractivity contribution < 1.29 is 27.6 Å². The molecule has 1 aliphatic carbocycles. The molecule has 2 spiro atoms. The number of hydrogen-bond donors (Lipinski definition) is 0. The molecule has 0 atom stereocenters. The van der Waals surface area contributed by atoms with E-state index in [4.69, 9.17) is 34.6 Å². The van der Waals surface area contributed by atoms with Gasteiger partial charge in [0.2, 0.25) is 0 Å². The molecule has 1 aromatic rings. The van der Waals surface area contributed by atoms with Gasteiger partial charge in [-0.1, -0.05) is 18.0 Å². The molecule has 0 unspecified atom stereocenters. The second-order valence-electron chi connectivity index (χ2n) is 7.09. The molecular formula is C17H22ClO6P. The van der Waals surface area contributed by atoms with Crippen LogP contribution in [0.25, 0.3) is 0 Å². The molecule has 3 fully saturated rings. The summed E-state index contributed by atoms with van der Waals surface area (Å²) in [7, 11) is -3.64. The Bertz CT molecular complexity index is 634. The summed E-state index contributed by atoms with van der Waals surface area (Å²) in [6.07, 6.45) is 5.36. The van der Waals surface area contributed by atoms with Gasteiger partial charge in [0.15, 0.2) is 5.79 Å². The van der Waals surface area contributed by atoms with Crippen LogP contribution in [-0.2, 0) is 23.1 Å². The lowest BCUT2D eigenvalue weighted by Crippen LogP contribution is -2.55. The molecule has 0 bridgehead atoms. The van der Waals surface area contributed by atoms with Gasteiger partial charge in [-0.25, -0.2) is 4.57 Å². The highest BCUT2D eigenvalue weighted by Gasteiger charge is 2.51. The third-order valence-electron chi connectivity index (χ3n) is 4.99. The van der Waals surface area contributed by atoms with Crippen molar-refractivity contribution in [3.05, 3.63) is 29.3 Å². The predicted octanol–water partition coefficient (Wildman–Crippen LogP) is 4.57. The Morgan fingerprint density at radius 1 is 0.920 bits per heavy atom. The highest BCUT2D eigenvalue weighted by molar-refractivity contribution is 7.49. The molecule has 0 aromatic heterocycles. The third-order valence-corrected chi connectivity index (χ3v) is 6.56. The quantitative estimate of drug-likeness (QED) is 0.692. The van der Waals surface area contributed by atoms with Crippen molar-refractivity contribution in [2.75, 3.05) is 26.4 Å².